The van der Waals surface area contributed by atoms with Gasteiger partial charge in [0.25, 0.3) is 0 Å². The molecule has 0 saturated heterocycles. The van der Waals surface area contributed by atoms with E-state index in [-0.39, 0.29) is 24.7 Å². The van der Waals surface area contributed by atoms with Crippen molar-refractivity contribution in [3.63, 3.8) is 0 Å². The van der Waals surface area contributed by atoms with Gasteiger partial charge in [-0.1, -0.05) is 0 Å². The maximum Gasteiger partial charge on any atom is 0.228 e. The van der Waals surface area contributed by atoms with Crippen LogP contribution in [0.5, 0.6) is 0 Å². The fraction of sp³-hybridized carbons (Fsp3) is 0.333. The molecule has 0 atom stereocenters. The summed E-state index contributed by atoms with van der Waals surface area (Å²) in [4.78, 5) is 38.7. The van der Waals surface area contributed by atoms with Crippen molar-refractivity contribution in [1.82, 2.24) is 25.1 Å². The molecule has 0 unspecified atom stereocenters. The fourth-order valence-corrected chi connectivity index (χ4v) is 3.19. The number of carbonyl (C=O) groups excluding carboxylic acids is 2. The van der Waals surface area contributed by atoms with Gasteiger partial charge in [0.05, 0.1) is 17.6 Å². The van der Waals surface area contributed by atoms with Crippen molar-refractivity contribution in [2.45, 2.75) is 39.7 Å². The Bertz CT molecular complexity index is 992. The Hall–Kier alpha value is -3.62. The molecule has 2 aromatic heterocycles. The Kier molecular flexibility index (Phi) is 6.84. The molecule has 3 rings (SSSR count). The summed E-state index contributed by atoms with van der Waals surface area (Å²) in [5.74, 6) is 0.506. The van der Waals surface area contributed by atoms with E-state index in [0.29, 0.717) is 23.6 Å². The zero-order valence-electron chi connectivity index (χ0n) is 17.2. The molecule has 0 saturated carbocycles. The summed E-state index contributed by atoms with van der Waals surface area (Å²) in [6.45, 7) is 8.66. The molecular weight excluding hydrogens is 382 g/mol. The third kappa shape index (κ3) is 5.25. The molecule has 0 aliphatic carbocycles. The van der Waals surface area contributed by atoms with Gasteiger partial charge in [0.2, 0.25) is 11.8 Å². The number of amides is 2. The molecule has 156 valence electrons. The van der Waals surface area contributed by atoms with Crippen LogP contribution in [-0.2, 0) is 16.1 Å². The lowest BCUT2D eigenvalue weighted by molar-refractivity contribution is -0.124. The topological polar surface area (TPSA) is 105 Å². The second-order valence-electron chi connectivity index (χ2n) is 6.96. The largest absolute Gasteiger partial charge is 0.330 e. The number of rotatable bonds is 7. The predicted octanol–water partition coefficient (Wildman–Crippen LogP) is 2.26. The van der Waals surface area contributed by atoms with Crippen LogP contribution < -0.4 is 10.2 Å². The average Bonchev–Trinajstić information content (AvgIpc) is 3.13. The lowest BCUT2D eigenvalue weighted by Crippen LogP contribution is -2.38. The molecule has 1 N–H and O–H groups in total. The van der Waals surface area contributed by atoms with Crippen LogP contribution >= 0.6 is 0 Å². The van der Waals surface area contributed by atoms with Crippen molar-refractivity contribution in [1.29, 1.82) is 0 Å². The van der Waals surface area contributed by atoms with Gasteiger partial charge in [-0.25, -0.2) is 4.68 Å². The van der Waals surface area contributed by atoms with Gasteiger partial charge in [0, 0.05) is 50.1 Å². The Morgan fingerprint density at radius 1 is 1.27 bits per heavy atom. The molecule has 0 radical (unpaired) electrons. The van der Waals surface area contributed by atoms with Crippen LogP contribution in [0, 0.1) is 6.92 Å². The molecule has 1 aliphatic heterocycles. The maximum atomic E-state index is 12.6. The number of aryl methyl sites for hydroxylation is 2. The van der Waals surface area contributed by atoms with Gasteiger partial charge in [0.1, 0.15) is 11.5 Å². The molecule has 2 aromatic rings. The maximum absolute atomic E-state index is 12.6. The number of nitrogens with zero attached hydrogens (tertiary/aromatic N) is 6. The van der Waals surface area contributed by atoms with E-state index in [1.54, 1.807) is 42.6 Å². The zero-order chi connectivity index (χ0) is 21.5. The van der Waals surface area contributed by atoms with Gasteiger partial charge in [-0.2, -0.15) is 5.10 Å². The first-order chi connectivity index (χ1) is 14.5. The quantitative estimate of drug-likeness (QED) is 0.560. The van der Waals surface area contributed by atoms with Crippen LogP contribution in [0.3, 0.4) is 0 Å². The van der Waals surface area contributed by atoms with Crippen LogP contribution in [0.2, 0.25) is 0 Å². The van der Waals surface area contributed by atoms with Gasteiger partial charge >= 0.3 is 0 Å². The molecule has 0 fully saturated rings. The van der Waals surface area contributed by atoms with E-state index in [1.807, 2.05) is 17.7 Å². The number of aliphatic imine (C=N–C) groups is 1. The molecule has 2 amide bonds. The van der Waals surface area contributed by atoms with Crippen molar-refractivity contribution < 1.29 is 9.59 Å². The molecule has 0 spiro atoms. The summed E-state index contributed by atoms with van der Waals surface area (Å²) >= 11 is 0. The zero-order valence-corrected chi connectivity index (χ0v) is 17.2. The minimum absolute atomic E-state index is 0.0756. The Morgan fingerprint density at radius 3 is 2.83 bits per heavy atom. The minimum Gasteiger partial charge on any atom is -0.330 e. The number of hydrogen-bond acceptors (Lipinski definition) is 6. The first-order valence-corrected chi connectivity index (χ1v) is 9.74. The molecule has 9 heteroatoms. The van der Waals surface area contributed by atoms with Crippen LogP contribution in [-0.4, -0.2) is 44.8 Å². The predicted molar refractivity (Wildman–Crippen MR) is 115 cm³/mol. The second-order valence-corrected chi connectivity index (χ2v) is 6.96. The van der Waals surface area contributed by atoms with E-state index in [1.165, 1.54) is 0 Å². The SMILES string of the molecule is C=N/C(=C\C=C(/C)NC(=O)CCC(=O)N1CCCn2nc(C)cc21)c1cnccn1. The third-order valence-electron chi connectivity index (χ3n) is 4.60. The number of anilines is 1. The molecule has 0 bridgehead atoms. The minimum atomic E-state index is -0.222. The summed E-state index contributed by atoms with van der Waals surface area (Å²) in [5, 5.41) is 7.18. The highest BCUT2D eigenvalue weighted by atomic mass is 16.2. The molecule has 1 aliphatic rings. The smallest absolute Gasteiger partial charge is 0.228 e. The van der Waals surface area contributed by atoms with Crippen molar-refractivity contribution in [3.05, 3.63) is 53.9 Å². The van der Waals surface area contributed by atoms with Crippen LogP contribution in [0.1, 0.15) is 37.6 Å². The van der Waals surface area contributed by atoms with Gasteiger partial charge in [-0.3, -0.25) is 29.4 Å². The average molecular weight is 407 g/mol. The van der Waals surface area contributed by atoms with E-state index in [9.17, 15) is 9.59 Å². The molecule has 0 aromatic carbocycles. The number of nitrogens with one attached hydrogen (secondary N) is 1. The molecule has 9 nitrogen and oxygen atoms in total. The number of aromatic nitrogens is 4. The summed E-state index contributed by atoms with van der Waals surface area (Å²) in [6, 6.07) is 1.90. The Balaban J connectivity index is 1.54. The Labute approximate surface area is 175 Å². The van der Waals surface area contributed by atoms with E-state index in [2.05, 4.69) is 32.1 Å². The van der Waals surface area contributed by atoms with Crippen molar-refractivity contribution in [2.75, 3.05) is 11.4 Å². The van der Waals surface area contributed by atoms with Crippen molar-refractivity contribution >= 4 is 30.0 Å². The highest BCUT2D eigenvalue weighted by Crippen LogP contribution is 2.22. The van der Waals surface area contributed by atoms with Crippen LogP contribution in [0.25, 0.3) is 5.70 Å². The van der Waals surface area contributed by atoms with Crippen LogP contribution in [0.15, 0.2) is 47.5 Å². The lowest BCUT2D eigenvalue weighted by atomic mass is 10.2. The van der Waals surface area contributed by atoms with Crippen molar-refractivity contribution in [3.8, 4) is 0 Å². The number of hydrogen-bond donors (Lipinski definition) is 1. The van der Waals surface area contributed by atoms with Crippen molar-refractivity contribution in [2.24, 2.45) is 4.99 Å². The van der Waals surface area contributed by atoms with E-state index in [0.717, 1.165) is 24.5 Å². The first-order valence-electron chi connectivity index (χ1n) is 9.74. The molecule has 30 heavy (non-hydrogen) atoms. The summed E-state index contributed by atoms with van der Waals surface area (Å²) in [6.07, 6.45) is 9.24. The fourth-order valence-electron chi connectivity index (χ4n) is 3.19. The number of fused-ring (bicyclic) bond motifs is 1. The third-order valence-corrected chi connectivity index (χ3v) is 4.60. The monoisotopic (exact) mass is 407 g/mol. The second kappa shape index (κ2) is 9.73. The normalized spacial score (nSPS) is 14.3. The number of allylic oxidation sites excluding steroid dienone is 3. The van der Waals surface area contributed by atoms with Gasteiger partial charge in [0.15, 0.2) is 0 Å². The van der Waals surface area contributed by atoms with E-state index >= 15 is 0 Å². The summed E-state index contributed by atoms with van der Waals surface area (Å²) in [7, 11) is 0. The number of carbonyl (C=O) groups is 2. The first kappa shape index (κ1) is 21.1. The van der Waals surface area contributed by atoms with E-state index < -0.39 is 0 Å². The van der Waals surface area contributed by atoms with Gasteiger partial charge in [-0.15, -0.1) is 0 Å². The lowest BCUT2D eigenvalue weighted by Gasteiger charge is -2.27. The molecule has 3 heterocycles. The standard InChI is InChI=1S/C21H25N7O2/c1-15(5-6-17(22-3)18-14-23-9-10-24-18)25-19(29)7-8-21(30)27-11-4-12-28-20(27)13-16(2)26-28/h5-6,9-10,13-14H,3-4,7-8,11-12H2,1-2H3,(H,25,29)/b15-5+,17-6-. The Morgan fingerprint density at radius 2 is 2.10 bits per heavy atom. The van der Waals surface area contributed by atoms with E-state index in [4.69, 9.17) is 0 Å². The summed E-state index contributed by atoms with van der Waals surface area (Å²) in [5.41, 5.74) is 2.64. The molecular formula is C21H25N7O2. The highest BCUT2D eigenvalue weighted by molar-refractivity contribution is 5.95. The highest BCUT2D eigenvalue weighted by Gasteiger charge is 2.24. The van der Waals surface area contributed by atoms with Crippen LogP contribution in [0.4, 0.5) is 5.82 Å². The summed E-state index contributed by atoms with van der Waals surface area (Å²) < 4.78 is 1.85. The van der Waals surface area contributed by atoms with Gasteiger partial charge < -0.3 is 5.32 Å². The van der Waals surface area contributed by atoms with Gasteiger partial charge in [-0.05, 0) is 39.1 Å².